The van der Waals surface area contributed by atoms with Crippen molar-refractivity contribution in [3.05, 3.63) is 64.0 Å². The zero-order chi connectivity index (χ0) is 27.8. The number of fused-ring (bicyclic) bond motifs is 1. The fourth-order valence-electron chi connectivity index (χ4n) is 5.88. The monoisotopic (exact) mass is 582 g/mol. The quantitative estimate of drug-likeness (QED) is 0.294. The third-order valence-corrected chi connectivity index (χ3v) is 8.96. The fraction of sp³-hybridized carbons (Fsp3) is 0.414. The molecule has 4 aromatic rings. The zero-order valence-corrected chi connectivity index (χ0v) is 24.0. The van der Waals surface area contributed by atoms with E-state index in [1.807, 2.05) is 16.8 Å². The number of hydrogen-bond acceptors (Lipinski definition) is 7. The summed E-state index contributed by atoms with van der Waals surface area (Å²) in [7, 11) is 2.20. The number of nitrogens with zero attached hydrogens (tertiary/aromatic N) is 6. The van der Waals surface area contributed by atoms with Crippen molar-refractivity contribution >= 4 is 45.7 Å². The molecule has 6 rings (SSSR count). The lowest BCUT2D eigenvalue weighted by Gasteiger charge is -2.41. The van der Waals surface area contributed by atoms with Crippen LogP contribution in [0.3, 0.4) is 0 Å². The number of piperazine rings is 1. The Morgan fingerprint density at radius 2 is 1.73 bits per heavy atom. The van der Waals surface area contributed by atoms with Crippen LogP contribution in [0.25, 0.3) is 22.4 Å². The van der Waals surface area contributed by atoms with Crippen molar-refractivity contribution in [2.45, 2.75) is 44.3 Å². The summed E-state index contributed by atoms with van der Waals surface area (Å²) in [5.74, 6) is 0.516. The Morgan fingerprint density at radius 1 is 0.975 bits per heavy atom. The van der Waals surface area contributed by atoms with E-state index >= 15 is 0 Å². The second-order valence-electron chi connectivity index (χ2n) is 10.8. The van der Waals surface area contributed by atoms with Gasteiger partial charge in [0.15, 0.2) is 11.5 Å². The van der Waals surface area contributed by atoms with Gasteiger partial charge in [-0.1, -0.05) is 29.3 Å². The summed E-state index contributed by atoms with van der Waals surface area (Å²) in [4.78, 5) is 14.5. The van der Waals surface area contributed by atoms with Crippen LogP contribution in [0, 0.1) is 5.82 Å². The lowest BCUT2D eigenvalue weighted by molar-refractivity contribution is 0.0815. The van der Waals surface area contributed by atoms with Gasteiger partial charge in [-0.25, -0.2) is 19.0 Å². The summed E-state index contributed by atoms with van der Waals surface area (Å²) in [6.07, 6.45) is 6.21. The number of rotatable bonds is 6. The minimum atomic E-state index is -0.366. The third kappa shape index (κ3) is 5.48. The van der Waals surface area contributed by atoms with Crippen molar-refractivity contribution in [3.63, 3.8) is 0 Å². The molecule has 1 saturated carbocycles. The third-order valence-electron chi connectivity index (χ3n) is 8.29. The second kappa shape index (κ2) is 11.5. The van der Waals surface area contributed by atoms with Gasteiger partial charge in [-0.15, -0.1) is 0 Å². The molecule has 11 heteroatoms. The van der Waals surface area contributed by atoms with Crippen LogP contribution >= 0.6 is 23.2 Å². The molecule has 2 fully saturated rings. The zero-order valence-electron chi connectivity index (χ0n) is 22.5. The van der Waals surface area contributed by atoms with E-state index < -0.39 is 0 Å². The van der Waals surface area contributed by atoms with Gasteiger partial charge in [-0.3, -0.25) is 4.90 Å². The molecule has 1 aliphatic carbocycles. The molecule has 0 radical (unpaired) electrons. The Labute approximate surface area is 243 Å². The number of likely N-dealkylation sites (N-methyl/N-ethyl adjacent to an activating group) is 1. The number of anilines is 2. The van der Waals surface area contributed by atoms with E-state index in [-0.39, 0.29) is 18.4 Å². The predicted molar refractivity (Wildman–Crippen MR) is 159 cm³/mol. The maximum absolute atomic E-state index is 14.2. The van der Waals surface area contributed by atoms with E-state index in [0.29, 0.717) is 39.0 Å². The largest absolute Gasteiger partial charge is 0.383 e. The average Bonchev–Trinajstić information content (AvgIpc) is 3.39. The van der Waals surface area contributed by atoms with Gasteiger partial charge in [-0.05, 0) is 63.1 Å². The molecule has 1 aliphatic heterocycles. The molecule has 0 atom stereocenters. The molecule has 0 bridgehead atoms. The van der Waals surface area contributed by atoms with E-state index in [9.17, 15) is 4.39 Å². The SMILES string of the molecule is CN1CCN(C2CCC(n3ncc4c(N)nc(-c5ccc(NCc6c(F)cccc6Cl)c(Cl)c5)nc43)CC2)CC1. The highest BCUT2D eigenvalue weighted by atomic mass is 35.5. The van der Waals surface area contributed by atoms with Gasteiger partial charge < -0.3 is 16.0 Å². The summed E-state index contributed by atoms with van der Waals surface area (Å²) in [5, 5.41) is 9.45. The van der Waals surface area contributed by atoms with Gasteiger partial charge in [0.2, 0.25) is 0 Å². The summed E-state index contributed by atoms with van der Waals surface area (Å²) in [6, 6.07) is 11.0. The minimum absolute atomic E-state index is 0.205. The highest BCUT2D eigenvalue weighted by Gasteiger charge is 2.30. The van der Waals surface area contributed by atoms with Crippen LogP contribution in [0.4, 0.5) is 15.9 Å². The molecule has 8 nitrogen and oxygen atoms in total. The standard InChI is InChI=1S/C29H33Cl2FN8/c1-38-11-13-39(14-12-38)19-6-8-20(9-7-19)40-29-22(17-35-40)27(33)36-28(37-29)18-5-10-26(24(31)15-18)34-16-21-23(30)3-2-4-25(21)32/h2-5,10,15,17,19-20,34H,6-9,11-14,16H2,1H3,(H2,33,36,37). The molecule has 0 unspecified atom stereocenters. The number of hydrogen-bond donors (Lipinski definition) is 2. The number of aromatic nitrogens is 4. The van der Waals surface area contributed by atoms with Crippen LogP contribution in [-0.4, -0.2) is 68.8 Å². The van der Waals surface area contributed by atoms with Gasteiger partial charge in [0.25, 0.3) is 0 Å². The predicted octanol–water partition coefficient (Wildman–Crippen LogP) is 5.86. The van der Waals surface area contributed by atoms with Crippen LogP contribution in [0.5, 0.6) is 0 Å². The lowest BCUT2D eigenvalue weighted by atomic mass is 9.90. The molecular formula is C29H33Cl2FN8. The van der Waals surface area contributed by atoms with Gasteiger partial charge in [0.05, 0.1) is 28.3 Å². The smallest absolute Gasteiger partial charge is 0.164 e. The lowest BCUT2D eigenvalue weighted by Crippen LogP contribution is -2.49. The Hall–Kier alpha value is -2.98. The molecule has 2 aromatic heterocycles. The van der Waals surface area contributed by atoms with Gasteiger partial charge in [0, 0.05) is 54.9 Å². The van der Waals surface area contributed by atoms with E-state index in [2.05, 4.69) is 27.1 Å². The van der Waals surface area contributed by atoms with E-state index in [4.69, 9.17) is 39.0 Å². The summed E-state index contributed by atoms with van der Waals surface area (Å²) >= 11 is 12.8. The topological polar surface area (TPSA) is 88.1 Å². The van der Waals surface area contributed by atoms with Crippen LogP contribution in [0.15, 0.2) is 42.6 Å². The Kier molecular flexibility index (Phi) is 7.81. The first-order valence-corrected chi connectivity index (χ1v) is 14.5. The molecule has 0 amide bonds. The Bertz CT molecular complexity index is 1490. The highest BCUT2D eigenvalue weighted by Crippen LogP contribution is 2.35. The van der Waals surface area contributed by atoms with Crippen molar-refractivity contribution < 1.29 is 4.39 Å². The summed E-state index contributed by atoms with van der Waals surface area (Å²) in [5.41, 5.74) is 8.89. The average molecular weight is 584 g/mol. The van der Waals surface area contributed by atoms with Gasteiger partial charge in [-0.2, -0.15) is 5.10 Å². The van der Waals surface area contributed by atoms with Gasteiger partial charge >= 0.3 is 0 Å². The fourth-order valence-corrected chi connectivity index (χ4v) is 6.36. The normalized spacial score (nSPS) is 20.7. The highest BCUT2D eigenvalue weighted by molar-refractivity contribution is 6.33. The minimum Gasteiger partial charge on any atom is -0.383 e. The number of benzene rings is 2. The maximum atomic E-state index is 14.2. The molecule has 2 aliphatic rings. The first kappa shape index (κ1) is 27.2. The molecule has 2 aromatic carbocycles. The number of nitrogens with one attached hydrogen (secondary N) is 1. The van der Waals surface area contributed by atoms with Crippen molar-refractivity contribution in [3.8, 4) is 11.4 Å². The van der Waals surface area contributed by atoms with Crippen LogP contribution in [-0.2, 0) is 6.54 Å². The van der Waals surface area contributed by atoms with Crippen molar-refractivity contribution in [2.24, 2.45) is 0 Å². The second-order valence-corrected chi connectivity index (χ2v) is 11.6. The van der Waals surface area contributed by atoms with E-state index in [1.165, 1.54) is 6.07 Å². The van der Waals surface area contributed by atoms with E-state index in [1.54, 1.807) is 24.4 Å². The molecular weight excluding hydrogens is 550 g/mol. The van der Waals surface area contributed by atoms with Crippen molar-refractivity contribution in [1.82, 2.24) is 29.5 Å². The first-order valence-electron chi connectivity index (χ1n) is 13.8. The molecule has 3 N–H and O–H groups in total. The summed E-state index contributed by atoms with van der Waals surface area (Å²) in [6.45, 7) is 4.79. The van der Waals surface area contributed by atoms with Gasteiger partial charge in [0.1, 0.15) is 11.6 Å². The van der Waals surface area contributed by atoms with Crippen molar-refractivity contribution in [1.29, 1.82) is 0 Å². The Morgan fingerprint density at radius 3 is 2.45 bits per heavy atom. The molecule has 40 heavy (non-hydrogen) atoms. The van der Waals surface area contributed by atoms with Crippen molar-refractivity contribution in [2.75, 3.05) is 44.3 Å². The van der Waals surface area contributed by atoms with Crippen LogP contribution in [0.1, 0.15) is 37.3 Å². The van der Waals surface area contributed by atoms with E-state index in [0.717, 1.165) is 68.5 Å². The molecule has 3 heterocycles. The molecule has 1 saturated heterocycles. The number of nitrogens with two attached hydrogens (primary N) is 1. The number of nitrogen functional groups attached to an aromatic ring is 1. The van der Waals surface area contributed by atoms with Crippen LogP contribution < -0.4 is 11.1 Å². The molecule has 0 spiro atoms. The maximum Gasteiger partial charge on any atom is 0.164 e. The number of halogens is 3. The first-order chi connectivity index (χ1) is 19.4. The Balaban J connectivity index is 1.19. The molecule has 210 valence electrons. The summed E-state index contributed by atoms with van der Waals surface area (Å²) < 4.78 is 16.2. The van der Waals surface area contributed by atoms with Crippen LogP contribution in [0.2, 0.25) is 10.0 Å².